The molecule has 0 saturated carbocycles. The summed E-state index contributed by atoms with van der Waals surface area (Å²) in [7, 11) is 0. The van der Waals surface area contributed by atoms with E-state index in [1.807, 2.05) is 0 Å². The van der Waals surface area contributed by atoms with Gasteiger partial charge in [-0.15, -0.1) is 0 Å². The minimum Gasteiger partial charge on any atom is -0.482 e. The van der Waals surface area contributed by atoms with Crippen LogP contribution < -0.4 is 15.4 Å². The highest BCUT2D eigenvalue weighted by Crippen LogP contribution is 2.33. The molecule has 3 aromatic rings. The second kappa shape index (κ2) is 10.0. The highest BCUT2D eigenvalue weighted by atomic mass is 35.5. The molecule has 0 spiro atoms. The molecule has 0 fully saturated rings. The number of hydrogen-bond donors (Lipinski definition) is 2. The van der Waals surface area contributed by atoms with E-state index in [9.17, 15) is 9.59 Å². The molecule has 9 heteroatoms. The monoisotopic (exact) mass is 482 g/mol. The molecule has 0 saturated heterocycles. The number of rotatable bonds is 6. The van der Waals surface area contributed by atoms with Gasteiger partial charge in [0.05, 0.1) is 15.1 Å². The maximum absolute atomic E-state index is 12.2. The van der Waals surface area contributed by atoms with E-state index in [2.05, 4.69) is 10.6 Å². The number of anilines is 2. The number of carbonyl (C=O) groups is 2. The molecular weight excluding hydrogens is 470 g/mol. The fourth-order valence-corrected chi connectivity index (χ4v) is 3.21. The minimum absolute atomic E-state index is 0.247. The second-order valence-corrected chi connectivity index (χ2v) is 7.73. The van der Waals surface area contributed by atoms with Crippen LogP contribution in [-0.4, -0.2) is 18.4 Å². The Labute approximate surface area is 192 Å². The molecule has 0 atom stereocenters. The number of nitrogens with one attached hydrogen (secondary N) is 2. The van der Waals surface area contributed by atoms with Crippen molar-refractivity contribution in [2.45, 2.75) is 0 Å². The molecule has 3 rings (SSSR count). The van der Waals surface area contributed by atoms with Gasteiger partial charge in [-0.3, -0.25) is 9.59 Å². The highest BCUT2D eigenvalue weighted by molar-refractivity contribution is 6.43. The molecule has 3 aromatic carbocycles. The van der Waals surface area contributed by atoms with Crippen LogP contribution in [-0.2, 0) is 4.79 Å². The smallest absolute Gasteiger partial charge is 0.262 e. The molecule has 0 aliphatic carbocycles. The normalized spacial score (nSPS) is 10.4. The Hall–Kier alpha value is -2.44. The maximum Gasteiger partial charge on any atom is 0.262 e. The van der Waals surface area contributed by atoms with E-state index in [0.717, 1.165) is 0 Å². The van der Waals surface area contributed by atoms with E-state index in [-0.39, 0.29) is 28.3 Å². The van der Waals surface area contributed by atoms with E-state index in [1.165, 1.54) is 12.1 Å². The quantitative estimate of drug-likeness (QED) is 0.389. The molecule has 5 nitrogen and oxygen atoms in total. The lowest BCUT2D eigenvalue weighted by Crippen LogP contribution is -2.20. The molecule has 0 heterocycles. The van der Waals surface area contributed by atoms with Gasteiger partial charge in [0, 0.05) is 28.0 Å². The van der Waals surface area contributed by atoms with Crippen molar-refractivity contribution >= 4 is 69.6 Å². The third-order valence-corrected chi connectivity index (χ3v) is 5.10. The van der Waals surface area contributed by atoms with Crippen molar-refractivity contribution < 1.29 is 14.3 Å². The van der Waals surface area contributed by atoms with Crippen molar-refractivity contribution in [1.29, 1.82) is 0 Å². The zero-order chi connectivity index (χ0) is 21.7. The summed E-state index contributed by atoms with van der Waals surface area (Å²) in [5.41, 5.74) is 1.54. The third-order valence-electron chi connectivity index (χ3n) is 3.85. The molecule has 0 bridgehead atoms. The lowest BCUT2D eigenvalue weighted by atomic mass is 10.2. The van der Waals surface area contributed by atoms with Crippen molar-refractivity contribution in [1.82, 2.24) is 0 Å². The molecule has 0 unspecified atom stereocenters. The number of amides is 2. The molecule has 0 aromatic heterocycles. The Balaban J connectivity index is 1.54. The summed E-state index contributed by atoms with van der Waals surface area (Å²) in [6.07, 6.45) is 0. The number of ether oxygens (including phenoxy) is 1. The third kappa shape index (κ3) is 6.03. The molecular formula is C21H14Cl4N2O3. The van der Waals surface area contributed by atoms with Crippen molar-refractivity contribution in [3.8, 4) is 5.75 Å². The van der Waals surface area contributed by atoms with Crippen LogP contribution in [0.2, 0.25) is 20.1 Å². The van der Waals surface area contributed by atoms with Crippen molar-refractivity contribution in [2.75, 3.05) is 17.2 Å². The van der Waals surface area contributed by atoms with E-state index in [0.29, 0.717) is 27.0 Å². The van der Waals surface area contributed by atoms with Crippen LogP contribution in [0.5, 0.6) is 5.75 Å². The molecule has 2 amide bonds. The average molecular weight is 484 g/mol. The molecule has 0 aliphatic heterocycles. The predicted octanol–water partition coefficient (Wildman–Crippen LogP) is 6.57. The number of halogens is 4. The zero-order valence-electron chi connectivity index (χ0n) is 15.2. The Kier molecular flexibility index (Phi) is 7.45. The van der Waals surface area contributed by atoms with E-state index in [4.69, 9.17) is 51.1 Å². The molecule has 0 radical (unpaired) electrons. The SMILES string of the molecule is O=C(COc1cc(Cl)c(Cl)cc1Cl)Nc1ccc(NC(=O)c2cccc(Cl)c2)cc1. The summed E-state index contributed by atoms with van der Waals surface area (Å²) in [5, 5.41) is 6.72. The largest absolute Gasteiger partial charge is 0.482 e. The summed E-state index contributed by atoms with van der Waals surface area (Å²) in [6, 6.07) is 16.1. The summed E-state index contributed by atoms with van der Waals surface area (Å²) in [6.45, 7) is -0.273. The van der Waals surface area contributed by atoms with Crippen LogP contribution in [0.1, 0.15) is 10.4 Å². The Bertz CT molecular complexity index is 1090. The van der Waals surface area contributed by atoms with Gasteiger partial charge in [0.2, 0.25) is 0 Å². The van der Waals surface area contributed by atoms with Crippen molar-refractivity contribution in [3.63, 3.8) is 0 Å². The van der Waals surface area contributed by atoms with Crippen LogP contribution in [0.25, 0.3) is 0 Å². The molecule has 30 heavy (non-hydrogen) atoms. The van der Waals surface area contributed by atoms with Crippen LogP contribution in [0.15, 0.2) is 60.7 Å². The topological polar surface area (TPSA) is 67.4 Å². The average Bonchev–Trinajstić information content (AvgIpc) is 2.71. The summed E-state index contributed by atoms with van der Waals surface area (Å²) < 4.78 is 5.39. The lowest BCUT2D eigenvalue weighted by molar-refractivity contribution is -0.118. The van der Waals surface area contributed by atoms with Gasteiger partial charge >= 0.3 is 0 Å². The fraction of sp³-hybridized carbons (Fsp3) is 0.0476. The Morgan fingerprint density at radius 1 is 0.767 bits per heavy atom. The first-order chi connectivity index (χ1) is 14.3. The van der Waals surface area contributed by atoms with Gasteiger partial charge < -0.3 is 15.4 Å². The van der Waals surface area contributed by atoms with Gasteiger partial charge in [-0.25, -0.2) is 0 Å². The minimum atomic E-state index is -0.396. The predicted molar refractivity (Wildman–Crippen MR) is 121 cm³/mol. The van der Waals surface area contributed by atoms with Gasteiger partial charge in [0.15, 0.2) is 6.61 Å². The van der Waals surface area contributed by atoms with E-state index in [1.54, 1.807) is 48.5 Å². The lowest BCUT2D eigenvalue weighted by Gasteiger charge is -2.10. The van der Waals surface area contributed by atoms with Gasteiger partial charge in [-0.05, 0) is 48.5 Å². The van der Waals surface area contributed by atoms with Crippen molar-refractivity contribution in [3.05, 3.63) is 86.3 Å². The first-order valence-corrected chi connectivity index (χ1v) is 10.1. The van der Waals surface area contributed by atoms with Gasteiger partial charge in [-0.1, -0.05) is 52.5 Å². The van der Waals surface area contributed by atoms with Crippen LogP contribution in [0.3, 0.4) is 0 Å². The number of hydrogen-bond acceptors (Lipinski definition) is 3. The standard InChI is InChI=1S/C21H14Cl4N2O3/c22-13-3-1-2-12(8-13)21(29)27-15-6-4-14(5-7-15)26-20(28)11-30-19-10-17(24)16(23)9-18(19)25/h1-10H,11H2,(H,26,28)(H,27,29). The molecule has 0 aliphatic rings. The van der Waals surface area contributed by atoms with Gasteiger partial charge in [0.25, 0.3) is 11.8 Å². The second-order valence-electron chi connectivity index (χ2n) is 6.08. The maximum atomic E-state index is 12.2. The zero-order valence-corrected chi connectivity index (χ0v) is 18.2. The molecule has 154 valence electrons. The number of carbonyl (C=O) groups excluding carboxylic acids is 2. The van der Waals surface area contributed by atoms with E-state index >= 15 is 0 Å². The Morgan fingerprint density at radius 2 is 1.40 bits per heavy atom. The van der Waals surface area contributed by atoms with Crippen LogP contribution in [0.4, 0.5) is 11.4 Å². The molecule has 2 N–H and O–H groups in total. The van der Waals surface area contributed by atoms with Crippen LogP contribution >= 0.6 is 46.4 Å². The number of benzene rings is 3. The summed E-state index contributed by atoms with van der Waals surface area (Å²) in [4.78, 5) is 24.3. The fourth-order valence-electron chi connectivity index (χ4n) is 2.43. The van der Waals surface area contributed by atoms with Crippen LogP contribution in [0, 0.1) is 0 Å². The summed E-state index contributed by atoms with van der Waals surface area (Å²) >= 11 is 23.7. The van der Waals surface area contributed by atoms with Gasteiger partial charge in [-0.2, -0.15) is 0 Å². The first kappa shape index (κ1) is 22.2. The van der Waals surface area contributed by atoms with Crippen molar-refractivity contribution in [2.24, 2.45) is 0 Å². The summed E-state index contributed by atoms with van der Waals surface area (Å²) in [5.74, 6) is -0.436. The van der Waals surface area contributed by atoms with Gasteiger partial charge in [0.1, 0.15) is 5.75 Å². The Morgan fingerprint density at radius 3 is 2.07 bits per heavy atom. The highest BCUT2D eigenvalue weighted by Gasteiger charge is 2.10. The van der Waals surface area contributed by atoms with E-state index < -0.39 is 5.91 Å². The first-order valence-electron chi connectivity index (χ1n) is 8.56.